The van der Waals surface area contributed by atoms with Crippen LogP contribution in [0.2, 0.25) is 5.02 Å². The molecule has 1 aromatic carbocycles. The van der Waals surface area contributed by atoms with Crippen molar-refractivity contribution in [2.75, 3.05) is 11.9 Å². The number of hydrogen-bond donors (Lipinski definition) is 2. The van der Waals surface area contributed by atoms with E-state index in [-0.39, 0.29) is 16.5 Å². The highest BCUT2D eigenvalue weighted by Gasteiger charge is 2.33. The van der Waals surface area contributed by atoms with E-state index in [1.807, 2.05) is 31.4 Å². The molecule has 0 radical (unpaired) electrons. The van der Waals surface area contributed by atoms with Gasteiger partial charge in [-0.1, -0.05) is 30.7 Å². The number of halogens is 2. The fraction of sp³-hybridized carbons (Fsp3) is 0.368. The fourth-order valence-electron chi connectivity index (χ4n) is 2.59. The van der Waals surface area contributed by atoms with Crippen LogP contribution in [0.4, 0.5) is 10.1 Å². The van der Waals surface area contributed by atoms with Gasteiger partial charge in [-0.2, -0.15) is 4.89 Å². The molecule has 7 heteroatoms. The third-order valence-corrected chi connectivity index (χ3v) is 4.01. The maximum absolute atomic E-state index is 13.3. The minimum atomic E-state index is -0.641. The summed E-state index contributed by atoms with van der Waals surface area (Å²) in [6.07, 6.45) is 12.7. The molecule has 144 valence electrons. The molecule has 0 saturated carbocycles. The molecule has 0 bridgehead atoms. The predicted octanol–water partition coefficient (Wildman–Crippen LogP) is 4.13. The molecule has 2 rings (SSSR count). The molecule has 0 aromatic heterocycles. The summed E-state index contributed by atoms with van der Waals surface area (Å²) in [7, 11) is 0. The maximum Gasteiger partial charge on any atom is 0.152 e. The van der Waals surface area contributed by atoms with Crippen LogP contribution in [0.15, 0.2) is 55.0 Å². The zero-order chi connectivity index (χ0) is 18.1. The van der Waals surface area contributed by atoms with E-state index in [2.05, 4.69) is 17.6 Å². The lowest BCUT2D eigenvalue weighted by Crippen LogP contribution is -2.43. The normalized spacial score (nSPS) is 20.2. The first-order valence-electron chi connectivity index (χ1n) is 8.33. The van der Waals surface area contributed by atoms with Gasteiger partial charge in [0.25, 0.3) is 0 Å². The molecular formula is C19H26ClFN2O3. The number of nitrogens with one attached hydrogen (secondary N) is 2. The molecule has 5 nitrogen and oxygen atoms in total. The molecule has 1 aliphatic rings. The molecule has 0 amide bonds. The van der Waals surface area contributed by atoms with Crippen molar-refractivity contribution in [2.24, 2.45) is 0 Å². The van der Waals surface area contributed by atoms with Crippen molar-refractivity contribution in [3.63, 3.8) is 0 Å². The second-order valence-electron chi connectivity index (χ2n) is 6.00. The molecule has 1 aliphatic heterocycles. The van der Waals surface area contributed by atoms with Gasteiger partial charge in [-0.25, -0.2) is 4.39 Å². The lowest BCUT2D eigenvalue weighted by atomic mass is 9.94. The quantitative estimate of drug-likeness (QED) is 0.661. The third kappa shape index (κ3) is 6.71. The molecule has 2 unspecified atom stereocenters. The van der Waals surface area contributed by atoms with E-state index in [1.54, 1.807) is 18.2 Å². The van der Waals surface area contributed by atoms with Gasteiger partial charge in [0.05, 0.1) is 11.6 Å². The van der Waals surface area contributed by atoms with Crippen molar-refractivity contribution in [3.05, 3.63) is 65.8 Å². The second-order valence-corrected chi connectivity index (χ2v) is 6.41. The summed E-state index contributed by atoms with van der Waals surface area (Å²) in [5, 5.41) is 6.66. The van der Waals surface area contributed by atoms with Gasteiger partial charge in [0.1, 0.15) is 12.1 Å². The van der Waals surface area contributed by atoms with Crippen LogP contribution in [0, 0.1) is 5.82 Å². The maximum atomic E-state index is 13.3. The zero-order valence-electron chi connectivity index (χ0n) is 15.0. The Hall–Kier alpha value is -2.02. The van der Waals surface area contributed by atoms with E-state index in [1.165, 1.54) is 12.3 Å². The van der Waals surface area contributed by atoms with Crippen LogP contribution in [0.25, 0.3) is 0 Å². The Morgan fingerprint density at radius 1 is 1.35 bits per heavy atom. The summed E-state index contributed by atoms with van der Waals surface area (Å²) in [4.78, 5) is 10.8. The van der Waals surface area contributed by atoms with Crippen LogP contribution in [0.1, 0.15) is 26.7 Å². The Morgan fingerprint density at radius 2 is 2.15 bits per heavy atom. The molecule has 26 heavy (non-hydrogen) atoms. The van der Waals surface area contributed by atoms with E-state index < -0.39 is 11.4 Å². The smallest absolute Gasteiger partial charge is 0.152 e. The van der Waals surface area contributed by atoms with Crippen molar-refractivity contribution >= 4 is 17.3 Å². The van der Waals surface area contributed by atoms with Crippen LogP contribution in [-0.2, 0) is 9.78 Å². The van der Waals surface area contributed by atoms with Crippen LogP contribution in [0.3, 0.4) is 0 Å². The number of hydrogen-bond acceptors (Lipinski definition) is 4. The molecule has 0 saturated heterocycles. The Morgan fingerprint density at radius 3 is 2.88 bits per heavy atom. The standard InChI is InChI=1S/C19H24ClFN2O2.H2O/c1-3-4-10-22-14-19(9-5-6-11-24-25-19)13-15(2)23-16-7-8-18(21)17(20)12-16;/h4-12,15,22-23H,3,13-14H2,1-2H3;1H2/b10-4-;. The first-order valence-corrected chi connectivity index (χ1v) is 8.71. The summed E-state index contributed by atoms with van der Waals surface area (Å²) in [5.41, 5.74) is 0.113. The van der Waals surface area contributed by atoms with Gasteiger partial charge in [0.2, 0.25) is 0 Å². The van der Waals surface area contributed by atoms with Crippen molar-refractivity contribution < 1.29 is 19.6 Å². The summed E-state index contributed by atoms with van der Waals surface area (Å²) in [5.74, 6) is -0.433. The SMILES string of the molecule is CC/C=C\NCC1(CC(C)Nc2ccc(F)c(Cl)c2)C=CC=COO1.O. The highest BCUT2D eigenvalue weighted by Crippen LogP contribution is 2.25. The van der Waals surface area contributed by atoms with Gasteiger partial charge in [-0.3, -0.25) is 0 Å². The van der Waals surface area contributed by atoms with Gasteiger partial charge in [0.15, 0.2) is 5.60 Å². The van der Waals surface area contributed by atoms with Gasteiger partial charge in [-0.15, -0.1) is 0 Å². The first kappa shape index (κ1) is 22.0. The van der Waals surface area contributed by atoms with Gasteiger partial charge >= 0.3 is 0 Å². The molecule has 1 aromatic rings. The number of allylic oxidation sites excluding steroid dienone is 3. The average Bonchev–Trinajstić information content (AvgIpc) is 2.81. The minimum Gasteiger partial charge on any atom is -0.412 e. The van der Waals surface area contributed by atoms with Crippen molar-refractivity contribution in [1.29, 1.82) is 0 Å². The molecule has 0 fully saturated rings. The van der Waals surface area contributed by atoms with Gasteiger partial charge in [-0.05, 0) is 49.9 Å². The average molecular weight is 385 g/mol. The van der Waals surface area contributed by atoms with E-state index >= 15 is 0 Å². The molecule has 0 aliphatic carbocycles. The van der Waals surface area contributed by atoms with Gasteiger partial charge < -0.3 is 21.0 Å². The number of rotatable bonds is 8. The van der Waals surface area contributed by atoms with Crippen molar-refractivity contribution in [2.45, 2.75) is 38.3 Å². The van der Waals surface area contributed by atoms with Crippen molar-refractivity contribution in [3.8, 4) is 0 Å². The zero-order valence-corrected chi connectivity index (χ0v) is 15.7. The lowest BCUT2D eigenvalue weighted by molar-refractivity contribution is -0.310. The van der Waals surface area contributed by atoms with Crippen LogP contribution >= 0.6 is 11.6 Å². The van der Waals surface area contributed by atoms with E-state index in [0.717, 1.165) is 12.1 Å². The topological polar surface area (TPSA) is 74.0 Å². The predicted molar refractivity (Wildman–Crippen MR) is 103 cm³/mol. The molecule has 0 spiro atoms. The largest absolute Gasteiger partial charge is 0.412 e. The summed E-state index contributed by atoms with van der Waals surface area (Å²) in [6, 6.07) is 4.61. The molecule has 1 heterocycles. The Kier molecular flexibility index (Phi) is 9.19. The summed E-state index contributed by atoms with van der Waals surface area (Å²) < 4.78 is 13.3. The highest BCUT2D eigenvalue weighted by molar-refractivity contribution is 6.31. The van der Waals surface area contributed by atoms with E-state index in [9.17, 15) is 4.39 Å². The van der Waals surface area contributed by atoms with E-state index in [4.69, 9.17) is 21.4 Å². The summed E-state index contributed by atoms with van der Waals surface area (Å²) >= 11 is 5.84. The first-order chi connectivity index (χ1) is 12.0. The third-order valence-electron chi connectivity index (χ3n) is 3.72. The molecule has 2 atom stereocenters. The van der Waals surface area contributed by atoms with Crippen LogP contribution in [-0.4, -0.2) is 23.7 Å². The monoisotopic (exact) mass is 384 g/mol. The lowest BCUT2D eigenvalue weighted by Gasteiger charge is -2.31. The Bertz CT molecular complexity index is 652. The van der Waals surface area contributed by atoms with Crippen LogP contribution < -0.4 is 10.6 Å². The minimum absolute atomic E-state index is 0. The number of anilines is 1. The Balaban J connectivity index is 0.00000338. The second kappa shape index (κ2) is 10.9. The number of benzene rings is 1. The molecule has 4 N–H and O–H groups in total. The summed E-state index contributed by atoms with van der Waals surface area (Å²) in [6.45, 7) is 4.65. The molecular weight excluding hydrogens is 359 g/mol. The van der Waals surface area contributed by atoms with E-state index in [0.29, 0.717) is 13.0 Å². The van der Waals surface area contributed by atoms with Crippen molar-refractivity contribution in [1.82, 2.24) is 5.32 Å². The van der Waals surface area contributed by atoms with Gasteiger partial charge in [0, 0.05) is 18.2 Å². The van der Waals surface area contributed by atoms with Crippen LogP contribution in [0.5, 0.6) is 0 Å². The fourth-order valence-corrected chi connectivity index (χ4v) is 2.78. The Labute approximate surface area is 158 Å². The highest BCUT2D eigenvalue weighted by atomic mass is 35.5.